The van der Waals surface area contributed by atoms with Gasteiger partial charge in [0.05, 0.1) is 5.69 Å². The zero-order chi connectivity index (χ0) is 14.6. The molecule has 0 saturated carbocycles. The molecule has 0 aliphatic carbocycles. The van der Waals surface area contributed by atoms with E-state index in [9.17, 15) is 14.0 Å². The molecule has 5 nitrogen and oxygen atoms in total. The third kappa shape index (κ3) is 3.92. The summed E-state index contributed by atoms with van der Waals surface area (Å²) in [7, 11) is 1.40. The largest absolute Gasteiger partial charge is 0.480 e. The first kappa shape index (κ1) is 15.4. The number of benzene rings is 1. The molecule has 2 amide bonds. The van der Waals surface area contributed by atoms with E-state index in [2.05, 4.69) is 21.2 Å². The van der Waals surface area contributed by atoms with Gasteiger partial charge in [0.15, 0.2) is 0 Å². The number of rotatable bonds is 4. The molecule has 0 bridgehead atoms. The van der Waals surface area contributed by atoms with Crippen LogP contribution in [0, 0.1) is 5.82 Å². The first-order valence-electron chi connectivity index (χ1n) is 5.58. The highest BCUT2D eigenvalue weighted by molar-refractivity contribution is 9.10. The van der Waals surface area contributed by atoms with Crippen LogP contribution >= 0.6 is 15.9 Å². The minimum atomic E-state index is -1.07. The second kappa shape index (κ2) is 6.51. The average molecular weight is 333 g/mol. The number of nitrogens with zero attached hydrogens (tertiary/aromatic N) is 1. The molecule has 0 spiro atoms. The highest BCUT2D eigenvalue weighted by atomic mass is 79.9. The average Bonchev–Trinajstić information content (AvgIpc) is 2.32. The molecule has 0 fully saturated rings. The number of amides is 2. The molecule has 0 aromatic heterocycles. The Morgan fingerprint density at radius 2 is 2.16 bits per heavy atom. The minimum absolute atomic E-state index is 0.295. The zero-order valence-electron chi connectivity index (χ0n) is 10.5. The van der Waals surface area contributed by atoms with Gasteiger partial charge in [0.1, 0.15) is 11.9 Å². The van der Waals surface area contributed by atoms with E-state index in [1.165, 1.54) is 25.2 Å². The quantitative estimate of drug-likeness (QED) is 0.890. The normalized spacial score (nSPS) is 11.8. The summed E-state index contributed by atoms with van der Waals surface area (Å²) in [6.45, 7) is 1.68. The Bertz CT molecular complexity index is 496. The van der Waals surface area contributed by atoms with Crippen LogP contribution in [0.4, 0.5) is 14.9 Å². The Balaban J connectivity index is 2.81. The summed E-state index contributed by atoms with van der Waals surface area (Å²) in [5.74, 6) is -1.51. The van der Waals surface area contributed by atoms with Gasteiger partial charge in [-0.05, 0) is 40.5 Å². The van der Waals surface area contributed by atoms with Gasteiger partial charge in [-0.2, -0.15) is 0 Å². The summed E-state index contributed by atoms with van der Waals surface area (Å²) < 4.78 is 13.3. The first-order valence-corrected chi connectivity index (χ1v) is 6.37. The maximum Gasteiger partial charge on any atom is 0.326 e. The fourth-order valence-corrected chi connectivity index (χ4v) is 2.00. The molecule has 19 heavy (non-hydrogen) atoms. The molecule has 1 unspecified atom stereocenters. The molecule has 1 aromatic carbocycles. The highest BCUT2D eigenvalue weighted by Crippen LogP contribution is 2.23. The molecule has 0 heterocycles. The molecule has 1 aromatic rings. The molecule has 7 heteroatoms. The number of aliphatic carboxylic acids is 1. The van der Waals surface area contributed by atoms with Crippen LogP contribution in [-0.2, 0) is 4.79 Å². The number of hydrogen-bond donors (Lipinski definition) is 2. The summed E-state index contributed by atoms with van der Waals surface area (Å²) in [5, 5.41) is 11.5. The van der Waals surface area contributed by atoms with Crippen LogP contribution in [0.3, 0.4) is 0 Å². The van der Waals surface area contributed by atoms with Crippen molar-refractivity contribution in [2.75, 3.05) is 12.4 Å². The van der Waals surface area contributed by atoms with Gasteiger partial charge in [-0.25, -0.2) is 14.0 Å². The summed E-state index contributed by atoms with van der Waals surface area (Å²) in [5.41, 5.74) is 0.374. The number of carboxylic acids is 1. The molecule has 0 saturated heterocycles. The molecule has 0 aliphatic rings. The van der Waals surface area contributed by atoms with Gasteiger partial charge < -0.3 is 15.3 Å². The molecular formula is C12H14BrFN2O3. The number of carboxylic acid groups (broad SMARTS) is 1. The number of carbonyl (C=O) groups excluding carboxylic acids is 1. The fourth-order valence-electron chi connectivity index (χ4n) is 1.55. The number of urea groups is 1. The molecule has 1 atom stereocenters. The Morgan fingerprint density at radius 3 is 2.63 bits per heavy atom. The maximum absolute atomic E-state index is 12.9. The van der Waals surface area contributed by atoms with E-state index in [1.54, 1.807) is 6.92 Å². The first-order chi connectivity index (χ1) is 8.86. The van der Waals surface area contributed by atoms with E-state index >= 15 is 0 Å². The van der Waals surface area contributed by atoms with Gasteiger partial charge in [0, 0.05) is 11.5 Å². The summed E-state index contributed by atoms with van der Waals surface area (Å²) in [4.78, 5) is 23.9. The number of hydrogen-bond acceptors (Lipinski definition) is 2. The van der Waals surface area contributed by atoms with Crippen molar-refractivity contribution in [2.45, 2.75) is 19.4 Å². The van der Waals surface area contributed by atoms with Crippen molar-refractivity contribution in [3.8, 4) is 0 Å². The third-order valence-electron chi connectivity index (χ3n) is 2.63. The predicted molar refractivity (Wildman–Crippen MR) is 72.6 cm³/mol. The standard InChI is InChI=1S/C12H14BrFN2O3/c1-3-10(11(17)18)16(2)12(19)15-9-5-4-7(14)6-8(9)13/h4-6,10H,3H2,1-2H3,(H,15,19)(H,17,18). The van der Waals surface area contributed by atoms with Crippen LogP contribution in [0.1, 0.15) is 13.3 Å². The third-order valence-corrected chi connectivity index (χ3v) is 3.29. The van der Waals surface area contributed by atoms with Crippen molar-refractivity contribution in [1.82, 2.24) is 4.90 Å². The summed E-state index contributed by atoms with van der Waals surface area (Å²) in [6.07, 6.45) is 0.295. The van der Waals surface area contributed by atoms with Crippen LogP contribution < -0.4 is 5.32 Å². The SMILES string of the molecule is CCC(C(=O)O)N(C)C(=O)Nc1ccc(F)cc1Br. The molecule has 0 aliphatic heterocycles. The Labute approximate surface area is 118 Å². The molecule has 0 radical (unpaired) electrons. The fraction of sp³-hybridized carbons (Fsp3) is 0.333. The van der Waals surface area contributed by atoms with Gasteiger partial charge in [0.2, 0.25) is 0 Å². The van der Waals surface area contributed by atoms with Crippen molar-refractivity contribution < 1.29 is 19.1 Å². The van der Waals surface area contributed by atoms with E-state index in [1.807, 2.05) is 0 Å². The van der Waals surface area contributed by atoms with E-state index in [-0.39, 0.29) is 0 Å². The van der Waals surface area contributed by atoms with Crippen molar-refractivity contribution in [3.05, 3.63) is 28.5 Å². The zero-order valence-corrected chi connectivity index (χ0v) is 12.1. The lowest BCUT2D eigenvalue weighted by atomic mass is 10.2. The smallest absolute Gasteiger partial charge is 0.326 e. The van der Waals surface area contributed by atoms with Crippen LogP contribution in [0.15, 0.2) is 22.7 Å². The van der Waals surface area contributed by atoms with E-state index < -0.39 is 23.9 Å². The summed E-state index contributed by atoms with van der Waals surface area (Å²) in [6, 6.07) is 2.34. The Morgan fingerprint density at radius 1 is 1.53 bits per heavy atom. The lowest BCUT2D eigenvalue weighted by Gasteiger charge is -2.24. The molecular weight excluding hydrogens is 319 g/mol. The van der Waals surface area contributed by atoms with Gasteiger partial charge in [-0.1, -0.05) is 6.92 Å². The van der Waals surface area contributed by atoms with Gasteiger partial charge in [-0.15, -0.1) is 0 Å². The van der Waals surface area contributed by atoms with E-state index in [0.717, 1.165) is 4.90 Å². The molecule has 104 valence electrons. The number of nitrogens with one attached hydrogen (secondary N) is 1. The van der Waals surface area contributed by atoms with Gasteiger partial charge in [-0.3, -0.25) is 0 Å². The Kier molecular flexibility index (Phi) is 5.29. The van der Waals surface area contributed by atoms with E-state index in [0.29, 0.717) is 16.6 Å². The van der Waals surface area contributed by atoms with E-state index in [4.69, 9.17) is 5.11 Å². The molecule has 2 N–H and O–H groups in total. The maximum atomic E-state index is 12.9. The van der Waals surface area contributed by atoms with Crippen molar-refractivity contribution in [2.24, 2.45) is 0 Å². The number of carbonyl (C=O) groups is 2. The van der Waals surface area contributed by atoms with Crippen LogP contribution in [0.25, 0.3) is 0 Å². The van der Waals surface area contributed by atoms with Crippen LogP contribution in [-0.4, -0.2) is 35.1 Å². The lowest BCUT2D eigenvalue weighted by Crippen LogP contribution is -2.44. The van der Waals surface area contributed by atoms with Crippen molar-refractivity contribution in [3.63, 3.8) is 0 Å². The van der Waals surface area contributed by atoms with Crippen LogP contribution in [0.2, 0.25) is 0 Å². The van der Waals surface area contributed by atoms with Crippen molar-refractivity contribution >= 4 is 33.6 Å². The predicted octanol–water partition coefficient (Wildman–Crippen LogP) is 2.92. The summed E-state index contributed by atoms with van der Waals surface area (Å²) >= 11 is 3.12. The number of anilines is 1. The molecule has 1 rings (SSSR count). The highest BCUT2D eigenvalue weighted by Gasteiger charge is 2.24. The number of likely N-dealkylation sites (N-methyl/N-ethyl adjacent to an activating group) is 1. The second-order valence-electron chi connectivity index (χ2n) is 3.93. The van der Waals surface area contributed by atoms with Crippen LogP contribution in [0.5, 0.6) is 0 Å². The van der Waals surface area contributed by atoms with Crippen molar-refractivity contribution in [1.29, 1.82) is 0 Å². The van der Waals surface area contributed by atoms with Gasteiger partial charge >= 0.3 is 12.0 Å². The Hall–Kier alpha value is -1.63. The minimum Gasteiger partial charge on any atom is -0.480 e. The monoisotopic (exact) mass is 332 g/mol. The van der Waals surface area contributed by atoms with Gasteiger partial charge in [0.25, 0.3) is 0 Å². The topological polar surface area (TPSA) is 69.6 Å². The number of halogens is 2. The lowest BCUT2D eigenvalue weighted by molar-refractivity contribution is -0.141. The second-order valence-corrected chi connectivity index (χ2v) is 4.78.